The van der Waals surface area contributed by atoms with E-state index in [1.807, 2.05) is 0 Å². The molecule has 2 aromatic carbocycles. The van der Waals surface area contributed by atoms with Gasteiger partial charge in [0.05, 0.1) is 31.8 Å². The quantitative estimate of drug-likeness (QED) is 0.726. The minimum atomic E-state index is -0.279. The van der Waals surface area contributed by atoms with Crippen molar-refractivity contribution in [3.8, 4) is 11.5 Å². The molecule has 8 nitrogen and oxygen atoms in total. The fourth-order valence-electron chi connectivity index (χ4n) is 2.50. The SMILES string of the molecule is COc1ccc(OC)c(NC(=O)CCn2nnc3ccccc3c2=O)c1. The number of nitrogens with one attached hydrogen (secondary N) is 1. The maximum absolute atomic E-state index is 12.4. The molecule has 0 radical (unpaired) electrons. The van der Waals surface area contributed by atoms with Crippen LogP contribution in [0.3, 0.4) is 0 Å². The van der Waals surface area contributed by atoms with Crippen LogP contribution in [-0.2, 0) is 11.3 Å². The summed E-state index contributed by atoms with van der Waals surface area (Å²) in [6.45, 7) is 0.120. The van der Waals surface area contributed by atoms with Crippen LogP contribution in [0.25, 0.3) is 10.9 Å². The van der Waals surface area contributed by atoms with Gasteiger partial charge < -0.3 is 14.8 Å². The number of rotatable bonds is 6. The van der Waals surface area contributed by atoms with Crippen molar-refractivity contribution in [2.45, 2.75) is 13.0 Å². The molecular formula is C18H18N4O4. The predicted octanol–water partition coefficient (Wildman–Crippen LogP) is 1.84. The van der Waals surface area contributed by atoms with Crippen LogP contribution < -0.4 is 20.3 Å². The number of hydrogen-bond donors (Lipinski definition) is 1. The zero-order valence-electron chi connectivity index (χ0n) is 14.4. The van der Waals surface area contributed by atoms with E-state index in [0.717, 1.165) is 0 Å². The highest BCUT2D eigenvalue weighted by Gasteiger charge is 2.11. The van der Waals surface area contributed by atoms with Crippen LogP contribution in [0.15, 0.2) is 47.3 Å². The Balaban J connectivity index is 1.72. The maximum Gasteiger partial charge on any atom is 0.277 e. The lowest BCUT2D eigenvalue weighted by atomic mass is 10.2. The van der Waals surface area contributed by atoms with E-state index in [2.05, 4.69) is 15.6 Å². The van der Waals surface area contributed by atoms with Gasteiger partial charge in [0.1, 0.15) is 17.0 Å². The molecule has 1 amide bonds. The van der Waals surface area contributed by atoms with Gasteiger partial charge in [-0.05, 0) is 24.3 Å². The first-order chi connectivity index (χ1) is 12.6. The topological polar surface area (TPSA) is 95.3 Å². The summed E-state index contributed by atoms with van der Waals surface area (Å²) in [7, 11) is 3.06. The molecule has 26 heavy (non-hydrogen) atoms. The minimum absolute atomic E-state index is 0.0628. The van der Waals surface area contributed by atoms with E-state index in [4.69, 9.17) is 9.47 Å². The highest BCUT2D eigenvalue weighted by Crippen LogP contribution is 2.28. The Morgan fingerprint density at radius 2 is 1.96 bits per heavy atom. The van der Waals surface area contributed by atoms with Crippen molar-refractivity contribution in [3.63, 3.8) is 0 Å². The molecule has 0 unspecified atom stereocenters. The van der Waals surface area contributed by atoms with Crippen molar-refractivity contribution in [1.29, 1.82) is 0 Å². The van der Waals surface area contributed by atoms with E-state index in [9.17, 15) is 9.59 Å². The summed E-state index contributed by atoms with van der Waals surface area (Å²) < 4.78 is 11.6. The largest absolute Gasteiger partial charge is 0.497 e. The number of nitrogens with zero attached hydrogens (tertiary/aromatic N) is 3. The summed E-state index contributed by atoms with van der Waals surface area (Å²) in [6.07, 6.45) is 0.0628. The normalized spacial score (nSPS) is 10.5. The average Bonchev–Trinajstić information content (AvgIpc) is 2.67. The highest BCUT2D eigenvalue weighted by atomic mass is 16.5. The molecule has 0 saturated carbocycles. The first-order valence-corrected chi connectivity index (χ1v) is 7.97. The Labute approximate surface area is 149 Å². The van der Waals surface area contributed by atoms with Gasteiger partial charge in [-0.1, -0.05) is 17.3 Å². The first kappa shape index (κ1) is 17.4. The van der Waals surface area contributed by atoms with Gasteiger partial charge in [0.25, 0.3) is 5.56 Å². The molecule has 0 spiro atoms. The average molecular weight is 354 g/mol. The summed E-state index contributed by atoms with van der Waals surface area (Å²) in [5.41, 5.74) is 0.746. The highest BCUT2D eigenvalue weighted by molar-refractivity contribution is 5.92. The molecule has 1 N–H and O–H groups in total. The van der Waals surface area contributed by atoms with E-state index in [1.54, 1.807) is 42.5 Å². The molecule has 0 aliphatic carbocycles. The molecule has 3 rings (SSSR count). The third kappa shape index (κ3) is 3.64. The fourth-order valence-corrected chi connectivity index (χ4v) is 2.50. The number of hydrogen-bond acceptors (Lipinski definition) is 6. The van der Waals surface area contributed by atoms with Gasteiger partial charge in [0.2, 0.25) is 5.91 Å². The third-order valence-electron chi connectivity index (χ3n) is 3.86. The molecule has 0 aliphatic heterocycles. The molecule has 0 saturated heterocycles. The lowest BCUT2D eigenvalue weighted by Gasteiger charge is -2.12. The zero-order valence-corrected chi connectivity index (χ0v) is 14.4. The number of methoxy groups -OCH3 is 2. The van der Waals surface area contributed by atoms with E-state index >= 15 is 0 Å². The minimum Gasteiger partial charge on any atom is -0.497 e. The first-order valence-electron chi connectivity index (χ1n) is 7.97. The number of carbonyl (C=O) groups excluding carboxylic acids is 1. The van der Waals surface area contributed by atoms with Gasteiger partial charge in [-0.2, -0.15) is 0 Å². The molecular weight excluding hydrogens is 336 g/mol. The van der Waals surface area contributed by atoms with Crippen LogP contribution in [0.5, 0.6) is 11.5 Å². The van der Waals surface area contributed by atoms with Gasteiger partial charge in [-0.15, -0.1) is 5.10 Å². The van der Waals surface area contributed by atoms with Crippen molar-refractivity contribution >= 4 is 22.5 Å². The predicted molar refractivity (Wildman–Crippen MR) is 96.6 cm³/mol. The monoisotopic (exact) mass is 354 g/mol. The van der Waals surface area contributed by atoms with Crippen LogP contribution in [0.4, 0.5) is 5.69 Å². The van der Waals surface area contributed by atoms with E-state index < -0.39 is 0 Å². The second-order valence-electron chi connectivity index (χ2n) is 5.50. The van der Waals surface area contributed by atoms with Crippen LogP contribution in [0.2, 0.25) is 0 Å². The second kappa shape index (κ2) is 7.64. The second-order valence-corrected chi connectivity index (χ2v) is 5.50. The fraction of sp³-hybridized carbons (Fsp3) is 0.222. The Kier molecular flexibility index (Phi) is 5.12. The summed E-state index contributed by atoms with van der Waals surface area (Å²) >= 11 is 0. The van der Waals surface area contributed by atoms with E-state index in [1.165, 1.54) is 18.9 Å². The summed E-state index contributed by atoms with van der Waals surface area (Å²) in [5, 5.41) is 11.1. The summed E-state index contributed by atoms with van der Waals surface area (Å²) in [5.74, 6) is 0.831. The molecule has 8 heteroatoms. The number of anilines is 1. The molecule has 0 atom stereocenters. The van der Waals surface area contributed by atoms with E-state index in [0.29, 0.717) is 28.1 Å². The van der Waals surface area contributed by atoms with Crippen molar-refractivity contribution in [2.24, 2.45) is 0 Å². The number of benzene rings is 2. The maximum atomic E-state index is 12.4. The van der Waals surface area contributed by atoms with Gasteiger partial charge in [-0.25, -0.2) is 4.68 Å². The van der Waals surface area contributed by atoms with Crippen molar-refractivity contribution in [3.05, 3.63) is 52.8 Å². The summed E-state index contributed by atoms with van der Waals surface area (Å²) in [6, 6.07) is 12.1. The number of fused-ring (bicyclic) bond motifs is 1. The lowest BCUT2D eigenvalue weighted by molar-refractivity contribution is -0.116. The summed E-state index contributed by atoms with van der Waals surface area (Å²) in [4.78, 5) is 24.6. The van der Waals surface area contributed by atoms with Crippen LogP contribution in [0, 0.1) is 0 Å². The lowest BCUT2D eigenvalue weighted by Crippen LogP contribution is -2.26. The molecule has 0 aliphatic rings. The zero-order chi connectivity index (χ0) is 18.5. The number of carbonyl (C=O) groups is 1. The Hall–Kier alpha value is -3.42. The van der Waals surface area contributed by atoms with Crippen molar-refractivity contribution < 1.29 is 14.3 Å². The Bertz CT molecular complexity index is 1000. The van der Waals surface area contributed by atoms with Gasteiger partial charge in [-0.3, -0.25) is 9.59 Å². The van der Waals surface area contributed by atoms with Crippen LogP contribution in [0.1, 0.15) is 6.42 Å². The van der Waals surface area contributed by atoms with Crippen molar-refractivity contribution in [1.82, 2.24) is 15.0 Å². The van der Waals surface area contributed by atoms with Gasteiger partial charge in [0, 0.05) is 12.5 Å². The molecule has 1 aromatic heterocycles. The number of aryl methyl sites for hydroxylation is 1. The number of aromatic nitrogens is 3. The van der Waals surface area contributed by atoms with Gasteiger partial charge in [0.15, 0.2) is 0 Å². The van der Waals surface area contributed by atoms with E-state index in [-0.39, 0.29) is 24.4 Å². The standard InChI is InChI=1S/C18H18N4O4/c1-25-12-7-8-16(26-2)15(11-12)19-17(23)9-10-22-18(24)13-5-3-4-6-14(13)20-21-22/h3-8,11H,9-10H2,1-2H3,(H,19,23). The third-order valence-corrected chi connectivity index (χ3v) is 3.86. The molecule has 134 valence electrons. The number of amides is 1. The Morgan fingerprint density at radius 1 is 1.15 bits per heavy atom. The van der Waals surface area contributed by atoms with Crippen LogP contribution in [-0.4, -0.2) is 35.1 Å². The molecule has 1 heterocycles. The smallest absolute Gasteiger partial charge is 0.277 e. The van der Waals surface area contributed by atoms with Crippen molar-refractivity contribution in [2.75, 3.05) is 19.5 Å². The Morgan fingerprint density at radius 3 is 2.73 bits per heavy atom. The van der Waals surface area contributed by atoms with Crippen LogP contribution >= 0.6 is 0 Å². The molecule has 0 fully saturated rings. The molecule has 3 aromatic rings. The number of ether oxygens (including phenoxy) is 2. The molecule has 0 bridgehead atoms. The van der Waals surface area contributed by atoms with Gasteiger partial charge >= 0.3 is 0 Å².